The van der Waals surface area contributed by atoms with Gasteiger partial charge in [0.1, 0.15) is 18.2 Å². The standard InChI is InChI=1S/C17H21FN2O/c1-20(2)9-10-21-17-8-4-7-16(12-17)19-13-14-5-3-6-15(18)11-14/h3-8,11-12,19H,9-10,13H2,1-2H3. The van der Waals surface area contributed by atoms with Crippen molar-refractivity contribution in [1.82, 2.24) is 4.90 Å². The Kier molecular flexibility index (Phi) is 5.58. The molecule has 4 heteroatoms. The van der Waals surface area contributed by atoms with E-state index < -0.39 is 0 Å². The Bertz CT molecular complexity index is 572. The van der Waals surface area contributed by atoms with Crippen LogP contribution in [0, 0.1) is 5.82 Å². The third kappa shape index (κ3) is 5.44. The van der Waals surface area contributed by atoms with Gasteiger partial charge >= 0.3 is 0 Å². The summed E-state index contributed by atoms with van der Waals surface area (Å²) < 4.78 is 18.8. The maximum absolute atomic E-state index is 13.1. The Morgan fingerprint density at radius 3 is 2.67 bits per heavy atom. The molecular formula is C17H21FN2O. The Morgan fingerprint density at radius 2 is 1.90 bits per heavy atom. The first-order chi connectivity index (χ1) is 10.1. The summed E-state index contributed by atoms with van der Waals surface area (Å²) in [4.78, 5) is 2.08. The number of hydrogen-bond donors (Lipinski definition) is 1. The first-order valence-electron chi connectivity index (χ1n) is 6.99. The monoisotopic (exact) mass is 288 g/mol. The van der Waals surface area contributed by atoms with Crippen LogP contribution in [-0.4, -0.2) is 32.1 Å². The lowest BCUT2D eigenvalue weighted by Crippen LogP contribution is -2.19. The molecule has 3 nitrogen and oxygen atoms in total. The molecule has 0 spiro atoms. The van der Waals surface area contributed by atoms with E-state index in [1.54, 1.807) is 6.07 Å². The van der Waals surface area contributed by atoms with Crippen molar-refractivity contribution < 1.29 is 9.13 Å². The van der Waals surface area contributed by atoms with Crippen molar-refractivity contribution in [2.75, 3.05) is 32.6 Å². The van der Waals surface area contributed by atoms with Gasteiger partial charge in [-0.15, -0.1) is 0 Å². The minimum atomic E-state index is -0.213. The van der Waals surface area contributed by atoms with Crippen LogP contribution in [0.25, 0.3) is 0 Å². The van der Waals surface area contributed by atoms with Gasteiger partial charge in [0.05, 0.1) is 0 Å². The zero-order valence-electron chi connectivity index (χ0n) is 12.5. The maximum Gasteiger partial charge on any atom is 0.123 e. The summed E-state index contributed by atoms with van der Waals surface area (Å²) in [6.07, 6.45) is 0. The predicted molar refractivity (Wildman–Crippen MR) is 84.2 cm³/mol. The molecule has 0 unspecified atom stereocenters. The molecule has 2 aromatic rings. The Hall–Kier alpha value is -2.07. The lowest BCUT2D eigenvalue weighted by atomic mass is 10.2. The summed E-state index contributed by atoms with van der Waals surface area (Å²) in [6, 6.07) is 14.4. The minimum absolute atomic E-state index is 0.213. The molecule has 112 valence electrons. The van der Waals surface area contributed by atoms with E-state index in [0.29, 0.717) is 13.2 Å². The van der Waals surface area contributed by atoms with Gasteiger partial charge in [-0.05, 0) is 43.9 Å². The van der Waals surface area contributed by atoms with Crippen molar-refractivity contribution >= 4 is 5.69 Å². The summed E-state index contributed by atoms with van der Waals surface area (Å²) >= 11 is 0. The molecule has 2 rings (SSSR count). The van der Waals surface area contributed by atoms with E-state index in [1.165, 1.54) is 12.1 Å². The molecule has 1 N–H and O–H groups in total. The molecular weight excluding hydrogens is 267 g/mol. The fourth-order valence-corrected chi connectivity index (χ4v) is 1.89. The Balaban J connectivity index is 1.88. The molecule has 0 amide bonds. The Morgan fingerprint density at radius 1 is 1.10 bits per heavy atom. The second-order valence-corrected chi connectivity index (χ2v) is 5.16. The van der Waals surface area contributed by atoms with Crippen LogP contribution in [0.4, 0.5) is 10.1 Å². The SMILES string of the molecule is CN(C)CCOc1cccc(NCc2cccc(F)c2)c1. The molecule has 0 aromatic heterocycles. The average Bonchev–Trinajstić information content (AvgIpc) is 2.45. The quantitative estimate of drug-likeness (QED) is 0.845. The molecule has 0 fully saturated rings. The molecule has 0 radical (unpaired) electrons. The molecule has 0 bridgehead atoms. The number of rotatable bonds is 7. The normalized spacial score (nSPS) is 10.7. The molecule has 0 heterocycles. The number of nitrogens with zero attached hydrogens (tertiary/aromatic N) is 1. The number of anilines is 1. The molecule has 2 aromatic carbocycles. The van der Waals surface area contributed by atoms with Crippen LogP contribution >= 0.6 is 0 Å². The lowest BCUT2D eigenvalue weighted by molar-refractivity contribution is 0.261. The molecule has 21 heavy (non-hydrogen) atoms. The maximum atomic E-state index is 13.1. The second kappa shape index (κ2) is 7.64. The number of nitrogens with one attached hydrogen (secondary N) is 1. The molecule has 0 saturated heterocycles. The van der Waals surface area contributed by atoms with Gasteiger partial charge in [-0.2, -0.15) is 0 Å². The van der Waals surface area contributed by atoms with Crippen molar-refractivity contribution in [3.8, 4) is 5.75 Å². The summed E-state index contributed by atoms with van der Waals surface area (Å²) in [5.41, 5.74) is 1.87. The van der Waals surface area contributed by atoms with E-state index in [4.69, 9.17) is 4.74 Å². The van der Waals surface area contributed by atoms with Crippen molar-refractivity contribution in [2.45, 2.75) is 6.54 Å². The highest BCUT2D eigenvalue weighted by atomic mass is 19.1. The first-order valence-corrected chi connectivity index (χ1v) is 6.99. The third-order valence-corrected chi connectivity index (χ3v) is 3.03. The van der Waals surface area contributed by atoms with Crippen molar-refractivity contribution in [1.29, 1.82) is 0 Å². The highest BCUT2D eigenvalue weighted by Crippen LogP contribution is 2.18. The number of ether oxygens (including phenoxy) is 1. The van der Waals surface area contributed by atoms with Crippen LogP contribution in [0.5, 0.6) is 5.75 Å². The topological polar surface area (TPSA) is 24.5 Å². The highest BCUT2D eigenvalue weighted by Gasteiger charge is 1.99. The molecule has 0 atom stereocenters. The lowest BCUT2D eigenvalue weighted by Gasteiger charge is -2.12. The van der Waals surface area contributed by atoms with Gasteiger partial charge in [0.2, 0.25) is 0 Å². The smallest absolute Gasteiger partial charge is 0.123 e. The number of benzene rings is 2. The molecule has 0 aliphatic heterocycles. The van der Waals surface area contributed by atoms with E-state index in [2.05, 4.69) is 10.2 Å². The van der Waals surface area contributed by atoms with Gasteiger partial charge in [0.25, 0.3) is 0 Å². The van der Waals surface area contributed by atoms with Gasteiger partial charge in [-0.3, -0.25) is 0 Å². The van der Waals surface area contributed by atoms with Crippen LogP contribution in [0.3, 0.4) is 0 Å². The first kappa shape index (κ1) is 15.3. The van der Waals surface area contributed by atoms with Crippen LogP contribution < -0.4 is 10.1 Å². The summed E-state index contributed by atoms with van der Waals surface area (Å²) in [6.45, 7) is 2.11. The van der Waals surface area contributed by atoms with E-state index >= 15 is 0 Å². The number of halogens is 1. The fraction of sp³-hybridized carbons (Fsp3) is 0.294. The average molecular weight is 288 g/mol. The van der Waals surface area contributed by atoms with Crippen molar-refractivity contribution in [3.05, 3.63) is 59.9 Å². The van der Waals surface area contributed by atoms with Gasteiger partial charge in [-0.25, -0.2) is 4.39 Å². The highest BCUT2D eigenvalue weighted by molar-refractivity contribution is 5.48. The fourth-order valence-electron chi connectivity index (χ4n) is 1.89. The van der Waals surface area contributed by atoms with Gasteiger partial charge in [0, 0.05) is 24.8 Å². The zero-order chi connectivity index (χ0) is 15.1. The van der Waals surface area contributed by atoms with Gasteiger partial charge in [0.15, 0.2) is 0 Å². The van der Waals surface area contributed by atoms with Crippen LogP contribution in [0.1, 0.15) is 5.56 Å². The largest absolute Gasteiger partial charge is 0.492 e. The summed E-state index contributed by atoms with van der Waals surface area (Å²) in [7, 11) is 4.03. The zero-order valence-corrected chi connectivity index (χ0v) is 12.5. The van der Waals surface area contributed by atoms with E-state index in [9.17, 15) is 4.39 Å². The van der Waals surface area contributed by atoms with Gasteiger partial charge < -0.3 is 15.0 Å². The van der Waals surface area contributed by atoms with E-state index in [0.717, 1.165) is 23.5 Å². The van der Waals surface area contributed by atoms with Gasteiger partial charge in [-0.1, -0.05) is 18.2 Å². The van der Waals surface area contributed by atoms with Crippen LogP contribution in [-0.2, 0) is 6.54 Å². The van der Waals surface area contributed by atoms with E-state index in [-0.39, 0.29) is 5.82 Å². The van der Waals surface area contributed by atoms with Crippen molar-refractivity contribution in [3.63, 3.8) is 0 Å². The third-order valence-electron chi connectivity index (χ3n) is 3.03. The van der Waals surface area contributed by atoms with Crippen LogP contribution in [0.15, 0.2) is 48.5 Å². The molecule has 0 aliphatic rings. The Labute approximate surface area is 125 Å². The number of hydrogen-bond acceptors (Lipinski definition) is 3. The van der Waals surface area contributed by atoms with Crippen molar-refractivity contribution in [2.24, 2.45) is 0 Å². The number of likely N-dealkylation sites (N-methyl/N-ethyl adjacent to an activating group) is 1. The van der Waals surface area contributed by atoms with Crippen LogP contribution in [0.2, 0.25) is 0 Å². The summed E-state index contributed by atoms with van der Waals surface area (Å²) in [5, 5.41) is 3.27. The molecule has 0 saturated carbocycles. The second-order valence-electron chi connectivity index (χ2n) is 5.16. The minimum Gasteiger partial charge on any atom is -0.492 e. The summed E-state index contributed by atoms with van der Waals surface area (Å²) in [5.74, 6) is 0.621. The predicted octanol–water partition coefficient (Wildman–Crippen LogP) is 3.38. The molecule has 0 aliphatic carbocycles. The van der Waals surface area contributed by atoms with E-state index in [1.807, 2.05) is 44.4 Å².